The maximum Gasteiger partial charge on any atom is 0.265 e. The van der Waals surface area contributed by atoms with E-state index in [1.54, 1.807) is 30.3 Å². The van der Waals surface area contributed by atoms with E-state index in [4.69, 9.17) is 18.6 Å². The molecule has 2 aromatic heterocycles. The number of aromatic nitrogens is 1. The van der Waals surface area contributed by atoms with Crippen molar-refractivity contribution in [3.63, 3.8) is 0 Å². The zero-order valence-electron chi connectivity index (χ0n) is 17.2. The summed E-state index contributed by atoms with van der Waals surface area (Å²) in [7, 11) is 2.96. The van der Waals surface area contributed by atoms with Crippen LogP contribution in [0.25, 0.3) is 11.5 Å². The summed E-state index contributed by atoms with van der Waals surface area (Å²) in [4.78, 5) is 31.2. The lowest BCUT2D eigenvalue weighted by molar-refractivity contribution is 0.0547. The average Bonchev–Trinajstić information content (AvgIpc) is 3.48. The van der Waals surface area contributed by atoms with Crippen molar-refractivity contribution in [2.75, 3.05) is 32.8 Å². The van der Waals surface area contributed by atoms with Gasteiger partial charge in [-0.3, -0.25) is 14.9 Å². The first-order valence-corrected chi connectivity index (χ1v) is 10.6. The van der Waals surface area contributed by atoms with Gasteiger partial charge in [0.15, 0.2) is 16.7 Å². The molecule has 3 heterocycles. The second-order valence-corrected chi connectivity index (χ2v) is 7.92. The number of thiazole rings is 1. The monoisotopic (exact) mass is 442 g/mol. The Kier molecular flexibility index (Phi) is 6.34. The van der Waals surface area contributed by atoms with E-state index in [-0.39, 0.29) is 17.3 Å². The van der Waals surface area contributed by atoms with Gasteiger partial charge in [-0.05, 0) is 37.1 Å². The quantitative estimate of drug-likeness (QED) is 0.545. The molecule has 9 heteroatoms. The minimum absolute atomic E-state index is 0.0115. The number of carbonyl (C=O) groups excluding carboxylic acids is 2. The second kappa shape index (κ2) is 9.32. The Hall–Kier alpha value is -3.17. The standard InChI is InChI=1S/C22H22N2O6S/c1-27-14-5-3-6-15(28-2)17(14)21(26)24-22-23-18(16-7-4-10-30-16)20(31-22)19(25)13-8-11-29-12-9-13/h3-7,10,13H,8-9,11-12H2,1-2H3,(H,23,24,26). The molecule has 1 amide bonds. The molecule has 0 radical (unpaired) electrons. The van der Waals surface area contributed by atoms with Crippen LogP contribution in [0.2, 0.25) is 0 Å². The van der Waals surface area contributed by atoms with Gasteiger partial charge in [0.1, 0.15) is 27.6 Å². The fourth-order valence-corrected chi connectivity index (χ4v) is 4.48. The summed E-state index contributed by atoms with van der Waals surface area (Å²) in [6.45, 7) is 1.12. The predicted molar refractivity (Wildman–Crippen MR) is 115 cm³/mol. The molecule has 31 heavy (non-hydrogen) atoms. The minimum Gasteiger partial charge on any atom is -0.496 e. The van der Waals surface area contributed by atoms with Crippen molar-refractivity contribution in [3.05, 3.63) is 47.0 Å². The fourth-order valence-electron chi connectivity index (χ4n) is 3.50. The number of methoxy groups -OCH3 is 2. The molecule has 162 valence electrons. The molecule has 1 N–H and O–H groups in total. The van der Waals surface area contributed by atoms with E-state index in [2.05, 4.69) is 10.3 Å². The Balaban J connectivity index is 1.67. The molecule has 4 rings (SSSR count). The maximum absolute atomic E-state index is 13.2. The zero-order valence-corrected chi connectivity index (χ0v) is 18.0. The van der Waals surface area contributed by atoms with Crippen molar-refractivity contribution < 1.29 is 28.2 Å². The van der Waals surface area contributed by atoms with Crippen LogP contribution in [-0.4, -0.2) is 44.1 Å². The highest BCUT2D eigenvalue weighted by molar-refractivity contribution is 7.18. The minimum atomic E-state index is -0.445. The van der Waals surface area contributed by atoms with E-state index in [1.165, 1.54) is 20.5 Å². The molecule has 0 bridgehead atoms. The van der Waals surface area contributed by atoms with Gasteiger partial charge in [0.25, 0.3) is 5.91 Å². The molecule has 0 atom stereocenters. The molecule has 0 unspecified atom stereocenters. The summed E-state index contributed by atoms with van der Waals surface area (Å²) < 4.78 is 21.5. The molecule has 1 aliphatic heterocycles. The van der Waals surface area contributed by atoms with Crippen LogP contribution in [0.3, 0.4) is 0 Å². The van der Waals surface area contributed by atoms with Crippen LogP contribution in [0.5, 0.6) is 11.5 Å². The third-order valence-electron chi connectivity index (χ3n) is 5.07. The average molecular weight is 442 g/mol. The van der Waals surface area contributed by atoms with Gasteiger partial charge in [-0.2, -0.15) is 0 Å². The summed E-state index contributed by atoms with van der Waals surface area (Å²) in [6.07, 6.45) is 2.85. The molecular weight excluding hydrogens is 420 g/mol. The fraction of sp³-hybridized carbons (Fsp3) is 0.318. The molecule has 1 saturated heterocycles. The Morgan fingerprint density at radius 2 is 1.81 bits per heavy atom. The number of nitrogens with one attached hydrogen (secondary N) is 1. The third-order valence-corrected chi connectivity index (χ3v) is 6.06. The number of anilines is 1. The van der Waals surface area contributed by atoms with Gasteiger partial charge in [0.2, 0.25) is 0 Å². The smallest absolute Gasteiger partial charge is 0.265 e. The number of carbonyl (C=O) groups is 2. The van der Waals surface area contributed by atoms with Crippen LogP contribution in [0.4, 0.5) is 5.13 Å². The number of hydrogen-bond acceptors (Lipinski definition) is 8. The molecule has 8 nitrogen and oxygen atoms in total. The number of furan rings is 1. The van der Waals surface area contributed by atoms with Gasteiger partial charge in [-0.1, -0.05) is 17.4 Å². The summed E-state index contributed by atoms with van der Waals surface area (Å²) in [5.74, 6) is 0.626. The van der Waals surface area contributed by atoms with Crippen LogP contribution in [0.1, 0.15) is 32.9 Å². The highest BCUT2D eigenvalue weighted by Gasteiger charge is 2.30. The summed E-state index contributed by atoms with van der Waals surface area (Å²) in [6, 6.07) is 8.55. The third kappa shape index (κ3) is 4.33. The summed E-state index contributed by atoms with van der Waals surface area (Å²) in [5, 5.41) is 3.07. The highest BCUT2D eigenvalue weighted by atomic mass is 32.1. The lowest BCUT2D eigenvalue weighted by Gasteiger charge is -2.20. The van der Waals surface area contributed by atoms with Crippen LogP contribution in [0.15, 0.2) is 41.0 Å². The Labute approximate surface area is 183 Å². The molecule has 1 aromatic carbocycles. The first-order chi connectivity index (χ1) is 15.1. The number of ether oxygens (including phenoxy) is 3. The number of rotatable bonds is 7. The van der Waals surface area contributed by atoms with E-state index in [0.29, 0.717) is 59.0 Å². The topological polar surface area (TPSA) is 99.9 Å². The summed E-state index contributed by atoms with van der Waals surface area (Å²) in [5.41, 5.74) is 0.674. The van der Waals surface area contributed by atoms with E-state index in [0.717, 1.165) is 11.3 Å². The van der Waals surface area contributed by atoms with E-state index >= 15 is 0 Å². The van der Waals surface area contributed by atoms with Crippen LogP contribution >= 0.6 is 11.3 Å². The van der Waals surface area contributed by atoms with Crippen molar-refractivity contribution in [2.24, 2.45) is 5.92 Å². The number of Topliss-reactive ketones (excluding diaryl/α,β-unsaturated/α-hetero) is 1. The first kappa shape index (κ1) is 21.1. The molecule has 1 fully saturated rings. The predicted octanol–water partition coefficient (Wildman–Crippen LogP) is 4.28. The number of nitrogens with zero attached hydrogens (tertiary/aromatic N) is 1. The van der Waals surface area contributed by atoms with E-state index in [9.17, 15) is 9.59 Å². The van der Waals surface area contributed by atoms with Gasteiger partial charge in [0.05, 0.1) is 20.5 Å². The van der Waals surface area contributed by atoms with Crippen molar-refractivity contribution in [3.8, 4) is 23.0 Å². The number of benzene rings is 1. The molecule has 1 aliphatic rings. The van der Waals surface area contributed by atoms with Crippen molar-refractivity contribution in [1.29, 1.82) is 0 Å². The maximum atomic E-state index is 13.2. The van der Waals surface area contributed by atoms with Crippen molar-refractivity contribution in [2.45, 2.75) is 12.8 Å². The van der Waals surface area contributed by atoms with Crippen molar-refractivity contribution in [1.82, 2.24) is 4.98 Å². The van der Waals surface area contributed by atoms with Gasteiger partial charge in [-0.15, -0.1) is 0 Å². The lowest BCUT2D eigenvalue weighted by Crippen LogP contribution is -2.23. The van der Waals surface area contributed by atoms with Gasteiger partial charge in [-0.25, -0.2) is 4.98 Å². The molecular formula is C22H22N2O6S. The SMILES string of the molecule is COc1cccc(OC)c1C(=O)Nc1nc(-c2ccco2)c(C(=O)C2CCOCC2)s1. The van der Waals surface area contributed by atoms with Gasteiger partial charge in [0, 0.05) is 19.1 Å². The van der Waals surface area contributed by atoms with Crippen LogP contribution < -0.4 is 14.8 Å². The first-order valence-electron chi connectivity index (χ1n) is 9.81. The van der Waals surface area contributed by atoms with Gasteiger partial charge < -0.3 is 18.6 Å². The largest absolute Gasteiger partial charge is 0.496 e. The lowest BCUT2D eigenvalue weighted by atomic mass is 9.94. The van der Waals surface area contributed by atoms with E-state index < -0.39 is 5.91 Å². The Morgan fingerprint density at radius 1 is 1.10 bits per heavy atom. The molecule has 0 spiro atoms. The number of hydrogen-bond donors (Lipinski definition) is 1. The molecule has 0 saturated carbocycles. The normalized spacial score (nSPS) is 14.3. The Morgan fingerprint density at radius 3 is 2.42 bits per heavy atom. The van der Waals surface area contributed by atoms with E-state index in [1.807, 2.05) is 0 Å². The van der Waals surface area contributed by atoms with Crippen LogP contribution in [-0.2, 0) is 4.74 Å². The number of ketones is 1. The molecule has 0 aliphatic carbocycles. The summed E-state index contributed by atoms with van der Waals surface area (Å²) >= 11 is 1.13. The Bertz CT molecular complexity index is 1050. The van der Waals surface area contributed by atoms with Gasteiger partial charge >= 0.3 is 0 Å². The van der Waals surface area contributed by atoms with Crippen LogP contribution in [0, 0.1) is 5.92 Å². The number of amides is 1. The zero-order chi connectivity index (χ0) is 21.8. The second-order valence-electron chi connectivity index (χ2n) is 6.92. The van der Waals surface area contributed by atoms with Crippen molar-refractivity contribution >= 4 is 28.2 Å². The molecule has 3 aromatic rings. The highest BCUT2D eigenvalue weighted by Crippen LogP contribution is 2.36.